The molecule has 0 saturated carbocycles. The maximum atomic E-state index is 8.55. The summed E-state index contributed by atoms with van der Waals surface area (Å²) in [5.41, 5.74) is 2.73. The number of aliphatic hydroxyl groups excluding tert-OH is 1. The maximum Gasteiger partial charge on any atom is 0.0931 e. The van der Waals surface area contributed by atoms with Crippen LogP contribution in [-0.4, -0.2) is 18.4 Å². The quantitative estimate of drug-likeness (QED) is 0.532. The highest BCUT2D eigenvalue weighted by Crippen LogP contribution is 2.06. The molecule has 78 valence electrons. The number of benzene rings is 1. The van der Waals surface area contributed by atoms with Crippen LogP contribution in [0.4, 0.5) is 0 Å². The molecule has 1 aromatic rings. The molecule has 0 heterocycles. The molecule has 0 fully saturated rings. The van der Waals surface area contributed by atoms with Crippen molar-refractivity contribution in [2.75, 3.05) is 13.3 Å². The van der Waals surface area contributed by atoms with Crippen molar-refractivity contribution in [2.24, 2.45) is 0 Å². The predicted molar refractivity (Wildman–Crippen MR) is 59.2 cm³/mol. The lowest BCUT2D eigenvalue weighted by molar-refractivity contribution is 0.262. The summed E-state index contributed by atoms with van der Waals surface area (Å²) in [6.45, 7) is 3.09. The third kappa shape index (κ3) is 3.90. The van der Waals surface area contributed by atoms with E-state index in [4.69, 9.17) is 5.11 Å². The minimum Gasteiger partial charge on any atom is -0.381 e. The zero-order valence-electron chi connectivity index (χ0n) is 8.79. The van der Waals surface area contributed by atoms with Crippen molar-refractivity contribution in [1.29, 1.82) is 0 Å². The molecular weight excluding hydrogens is 174 g/mol. The van der Waals surface area contributed by atoms with E-state index in [1.807, 2.05) is 0 Å². The smallest absolute Gasteiger partial charge is 0.0931 e. The van der Waals surface area contributed by atoms with E-state index < -0.39 is 0 Å². The summed E-state index contributed by atoms with van der Waals surface area (Å²) in [5, 5.41) is 11.4. The normalized spacial score (nSPS) is 10.4. The van der Waals surface area contributed by atoms with Crippen LogP contribution in [0.25, 0.3) is 0 Å². The SMILES string of the molecule is CCCc1ccc(CCNCO)cc1. The first kappa shape index (κ1) is 11.2. The summed E-state index contributed by atoms with van der Waals surface area (Å²) in [6, 6.07) is 8.73. The Morgan fingerprint density at radius 2 is 1.64 bits per heavy atom. The molecule has 0 unspecified atom stereocenters. The Morgan fingerprint density at radius 3 is 2.14 bits per heavy atom. The Kier molecular flexibility index (Phi) is 5.27. The van der Waals surface area contributed by atoms with Crippen molar-refractivity contribution < 1.29 is 5.11 Å². The first-order valence-corrected chi connectivity index (χ1v) is 5.26. The van der Waals surface area contributed by atoms with Gasteiger partial charge in [0.25, 0.3) is 0 Å². The lowest BCUT2D eigenvalue weighted by Crippen LogP contribution is -2.17. The molecule has 0 atom stereocenters. The van der Waals surface area contributed by atoms with Crippen molar-refractivity contribution in [3.63, 3.8) is 0 Å². The van der Waals surface area contributed by atoms with Crippen LogP contribution in [0.2, 0.25) is 0 Å². The number of hydrogen-bond acceptors (Lipinski definition) is 2. The standard InChI is InChI=1S/C12H19NO/c1-2-3-11-4-6-12(7-5-11)8-9-13-10-14/h4-7,13-14H,2-3,8-10H2,1H3. The minimum atomic E-state index is 0.0634. The van der Waals surface area contributed by atoms with E-state index in [9.17, 15) is 0 Å². The summed E-state index contributed by atoms with van der Waals surface area (Å²) < 4.78 is 0. The van der Waals surface area contributed by atoms with Gasteiger partial charge in [0.2, 0.25) is 0 Å². The van der Waals surface area contributed by atoms with Gasteiger partial charge in [0.05, 0.1) is 6.73 Å². The highest BCUT2D eigenvalue weighted by atomic mass is 16.3. The Morgan fingerprint density at radius 1 is 1.07 bits per heavy atom. The molecule has 0 bridgehead atoms. The second-order valence-electron chi connectivity index (χ2n) is 3.47. The van der Waals surface area contributed by atoms with Gasteiger partial charge in [-0.05, 0) is 24.0 Å². The molecular formula is C12H19NO. The highest BCUT2D eigenvalue weighted by Gasteiger charge is 1.93. The van der Waals surface area contributed by atoms with Crippen molar-refractivity contribution in [3.8, 4) is 0 Å². The molecule has 0 amide bonds. The van der Waals surface area contributed by atoms with Gasteiger partial charge < -0.3 is 5.11 Å². The zero-order chi connectivity index (χ0) is 10.2. The largest absolute Gasteiger partial charge is 0.381 e. The van der Waals surface area contributed by atoms with Crippen molar-refractivity contribution in [3.05, 3.63) is 35.4 Å². The summed E-state index contributed by atoms with van der Waals surface area (Å²) in [5.74, 6) is 0. The molecule has 1 aromatic carbocycles. The van der Waals surface area contributed by atoms with Crippen molar-refractivity contribution in [1.82, 2.24) is 5.32 Å². The van der Waals surface area contributed by atoms with Gasteiger partial charge >= 0.3 is 0 Å². The molecule has 0 spiro atoms. The summed E-state index contributed by atoms with van der Waals surface area (Å²) in [6.07, 6.45) is 3.34. The third-order valence-corrected chi connectivity index (χ3v) is 2.26. The van der Waals surface area contributed by atoms with Crippen LogP contribution in [0.3, 0.4) is 0 Å². The highest BCUT2D eigenvalue weighted by molar-refractivity contribution is 5.22. The first-order chi connectivity index (χ1) is 6.86. The zero-order valence-corrected chi connectivity index (χ0v) is 8.79. The molecule has 14 heavy (non-hydrogen) atoms. The predicted octanol–water partition coefficient (Wildman–Crippen LogP) is 1.72. The second-order valence-corrected chi connectivity index (χ2v) is 3.47. The summed E-state index contributed by atoms with van der Waals surface area (Å²) in [4.78, 5) is 0. The fraction of sp³-hybridized carbons (Fsp3) is 0.500. The number of aryl methyl sites for hydroxylation is 1. The van der Waals surface area contributed by atoms with E-state index >= 15 is 0 Å². The number of rotatable bonds is 6. The van der Waals surface area contributed by atoms with E-state index in [0.717, 1.165) is 19.4 Å². The van der Waals surface area contributed by atoms with Gasteiger partial charge in [0.15, 0.2) is 0 Å². The molecule has 0 aromatic heterocycles. The van der Waals surface area contributed by atoms with Crippen LogP contribution in [0, 0.1) is 0 Å². The third-order valence-electron chi connectivity index (χ3n) is 2.26. The molecule has 0 saturated heterocycles. The lowest BCUT2D eigenvalue weighted by Gasteiger charge is -2.03. The van der Waals surface area contributed by atoms with Gasteiger partial charge in [-0.25, -0.2) is 0 Å². The van der Waals surface area contributed by atoms with E-state index in [1.54, 1.807) is 0 Å². The van der Waals surface area contributed by atoms with Crippen molar-refractivity contribution >= 4 is 0 Å². The second kappa shape index (κ2) is 6.57. The fourth-order valence-corrected chi connectivity index (χ4v) is 1.47. The monoisotopic (exact) mass is 193 g/mol. The first-order valence-electron chi connectivity index (χ1n) is 5.26. The van der Waals surface area contributed by atoms with Gasteiger partial charge in [0.1, 0.15) is 0 Å². The molecule has 2 nitrogen and oxygen atoms in total. The molecule has 0 aliphatic heterocycles. The van der Waals surface area contributed by atoms with Crippen LogP contribution in [0.5, 0.6) is 0 Å². The molecule has 0 aliphatic rings. The van der Waals surface area contributed by atoms with Crippen LogP contribution >= 0.6 is 0 Å². The number of hydrogen-bond donors (Lipinski definition) is 2. The van der Waals surface area contributed by atoms with Gasteiger partial charge in [-0.3, -0.25) is 5.32 Å². The average Bonchev–Trinajstić information content (AvgIpc) is 2.21. The van der Waals surface area contributed by atoms with E-state index in [1.165, 1.54) is 17.5 Å². The topological polar surface area (TPSA) is 32.3 Å². The molecule has 2 heteroatoms. The van der Waals surface area contributed by atoms with Crippen LogP contribution in [-0.2, 0) is 12.8 Å². The van der Waals surface area contributed by atoms with Gasteiger partial charge in [-0.15, -0.1) is 0 Å². The molecule has 1 rings (SSSR count). The fourth-order valence-electron chi connectivity index (χ4n) is 1.47. The Balaban J connectivity index is 2.38. The summed E-state index contributed by atoms with van der Waals surface area (Å²) >= 11 is 0. The van der Waals surface area contributed by atoms with E-state index in [-0.39, 0.29) is 6.73 Å². The number of aliphatic hydroxyl groups is 1. The minimum absolute atomic E-state index is 0.0634. The van der Waals surface area contributed by atoms with Crippen molar-refractivity contribution in [2.45, 2.75) is 26.2 Å². The lowest BCUT2D eigenvalue weighted by atomic mass is 10.1. The van der Waals surface area contributed by atoms with Gasteiger partial charge in [-0.2, -0.15) is 0 Å². The van der Waals surface area contributed by atoms with Crippen LogP contribution in [0.1, 0.15) is 24.5 Å². The van der Waals surface area contributed by atoms with E-state index in [2.05, 4.69) is 36.5 Å². The summed E-state index contributed by atoms with van der Waals surface area (Å²) in [7, 11) is 0. The maximum absolute atomic E-state index is 8.55. The van der Waals surface area contributed by atoms with E-state index in [0.29, 0.717) is 0 Å². The molecule has 0 radical (unpaired) electrons. The Bertz CT molecular complexity index is 243. The number of nitrogens with one attached hydrogen (secondary N) is 1. The Hall–Kier alpha value is -0.860. The van der Waals surface area contributed by atoms with Gasteiger partial charge in [-0.1, -0.05) is 37.6 Å². The van der Waals surface area contributed by atoms with Crippen LogP contribution < -0.4 is 5.32 Å². The Labute approximate surface area is 86.0 Å². The van der Waals surface area contributed by atoms with Gasteiger partial charge in [0, 0.05) is 6.54 Å². The van der Waals surface area contributed by atoms with Crippen LogP contribution in [0.15, 0.2) is 24.3 Å². The average molecular weight is 193 g/mol. The molecule has 2 N–H and O–H groups in total. The molecule has 0 aliphatic carbocycles.